The number of para-hydroxylation sites is 1. The number of halogens is 1. The summed E-state index contributed by atoms with van der Waals surface area (Å²) in [6.45, 7) is 1.96. The van der Waals surface area contributed by atoms with Crippen LogP contribution in [-0.4, -0.2) is 4.98 Å². The van der Waals surface area contributed by atoms with E-state index in [2.05, 4.69) is 4.98 Å². The predicted molar refractivity (Wildman–Crippen MR) is 64.9 cm³/mol. The first kappa shape index (κ1) is 10.8. The molecule has 0 aliphatic rings. The summed E-state index contributed by atoms with van der Waals surface area (Å²) in [6.07, 6.45) is 1.51. The lowest BCUT2D eigenvalue weighted by atomic mass is 10.2. The molecule has 4 heteroatoms. The molecule has 2 N–H and O–H groups in total. The highest BCUT2D eigenvalue weighted by Crippen LogP contribution is 2.29. The second kappa shape index (κ2) is 4.41. The van der Waals surface area contributed by atoms with Crippen molar-refractivity contribution in [2.45, 2.75) is 6.92 Å². The number of benzene rings is 1. The quantitative estimate of drug-likeness (QED) is 0.866. The summed E-state index contributed by atoms with van der Waals surface area (Å²) in [5, 5.41) is 0.406. The van der Waals surface area contributed by atoms with E-state index in [-0.39, 0.29) is 0 Å². The molecule has 1 aromatic carbocycles. The molecule has 16 heavy (non-hydrogen) atoms. The minimum absolute atomic E-state index is 0.366. The maximum absolute atomic E-state index is 5.96. The molecule has 82 valence electrons. The maximum atomic E-state index is 5.96. The van der Waals surface area contributed by atoms with Crippen molar-refractivity contribution >= 4 is 17.3 Å². The second-order valence-corrected chi connectivity index (χ2v) is 3.83. The normalized spacial score (nSPS) is 10.1. The lowest BCUT2D eigenvalue weighted by molar-refractivity contribution is 0.460. The third-order valence-corrected chi connectivity index (χ3v) is 2.40. The van der Waals surface area contributed by atoms with Crippen LogP contribution in [-0.2, 0) is 0 Å². The average molecular weight is 235 g/mol. The van der Waals surface area contributed by atoms with Crippen LogP contribution in [0.15, 0.2) is 36.5 Å². The van der Waals surface area contributed by atoms with Gasteiger partial charge in [0.15, 0.2) is 0 Å². The Hall–Kier alpha value is -1.74. The van der Waals surface area contributed by atoms with Crippen LogP contribution in [0.25, 0.3) is 0 Å². The zero-order chi connectivity index (χ0) is 11.5. The zero-order valence-electron chi connectivity index (χ0n) is 8.77. The third kappa shape index (κ3) is 2.25. The molecule has 1 heterocycles. The Balaban J connectivity index is 2.31. The first-order valence-corrected chi connectivity index (χ1v) is 5.19. The molecule has 0 aliphatic carbocycles. The average Bonchev–Trinajstić information content (AvgIpc) is 2.25. The molecule has 0 radical (unpaired) electrons. The molecule has 0 atom stereocenters. The summed E-state index contributed by atoms with van der Waals surface area (Å²) in [7, 11) is 0. The Morgan fingerprint density at radius 1 is 1.31 bits per heavy atom. The van der Waals surface area contributed by atoms with Crippen LogP contribution in [0.3, 0.4) is 0 Å². The van der Waals surface area contributed by atoms with Gasteiger partial charge in [0.05, 0.1) is 11.9 Å². The van der Waals surface area contributed by atoms with Crippen LogP contribution < -0.4 is 10.5 Å². The smallest absolute Gasteiger partial charge is 0.238 e. The van der Waals surface area contributed by atoms with Crippen LogP contribution >= 0.6 is 11.6 Å². The predicted octanol–water partition coefficient (Wildman–Crippen LogP) is 3.42. The molecule has 0 saturated heterocycles. The minimum Gasteiger partial charge on any atom is -0.437 e. The highest BCUT2D eigenvalue weighted by molar-refractivity contribution is 6.32. The number of nitrogen functional groups attached to an aromatic ring is 1. The van der Waals surface area contributed by atoms with Crippen molar-refractivity contribution in [3.05, 3.63) is 47.1 Å². The molecule has 1 aromatic heterocycles. The van der Waals surface area contributed by atoms with Crippen molar-refractivity contribution < 1.29 is 4.74 Å². The number of nitrogens with two attached hydrogens (primary N) is 1. The fourth-order valence-electron chi connectivity index (χ4n) is 1.29. The minimum atomic E-state index is 0.366. The molecular formula is C12H11ClN2O. The Morgan fingerprint density at radius 3 is 2.75 bits per heavy atom. The van der Waals surface area contributed by atoms with Crippen molar-refractivity contribution in [1.29, 1.82) is 0 Å². The number of rotatable bonds is 2. The SMILES string of the molecule is Cc1ccccc1Oc1ncc(N)cc1Cl. The number of aryl methyl sites for hydroxylation is 1. The van der Waals surface area contributed by atoms with Gasteiger partial charge in [-0.1, -0.05) is 29.8 Å². The van der Waals surface area contributed by atoms with Crippen molar-refractivity contribution in [2.24, 2.45) is 0 Å². The zero-order valence-corrected chi connectivity index (χ0v) is 9.53. The number of hydrogen-bond donors (Lipinski definition) is 1. The summed E-state index contributed by atoms with van der Waals surface area (Å²) < 4.78 is 5.60. The van der Waals surface area contributed by atoms with Crippen molar-refractivity contribution in [3.63, 3.8) is 0 Å². The maximum Gasteiger partial charge on any atom is 0.238 e. The molecular weight excluding hydrogens is 224 g/mol. The van der Waals surface area contributed by atoms with E-state index in [1.165, 1.54) is 6.20 Å². The third-order valence-electron chi connectivity index (χ3n) is 2.13. The Morgan fingerprint density at radius 2 is 2.06 bits per heavy atom. The van der Waals surface area contributed by atoms with Crippen molar-refractivity contribution in [3.8, 4) is 11.6 Å². The van der Waals surface area contributed by atoms with Crippen molar-refractivity contribution in [1.82, 2.24) is 4.98 Å². The highest BCUT2D eigenvalue weighted by Gasteiger charge is 2.06. The number of ether oxygens (including phenoxy) is 1. The van der Waals surface area contributed by atoms with Crippen LogP contribution in [0.4, 0.5) is 5.69 Å². The highest BCUT2D eigenvalue weighted by atomic mass is 35.5. The monoisotopic (exact) mass is 234 g/mol. The molecule has 0 spiro atoms. The molecule has 2 rings (SSSR count). The first-order chi connectivity index (χ1) is 7.66. The fourth-order valence-corrected chi connectivity index (χ4v) is 1.50. The van der Waals surface area contributed by atoms with Gasteiger partial charge in [0, 0.05) is 0 Å². The van der Waals surface area contributed by atoms with Crippen LogP contribution in [0.5, 0.6) is 11.6 Å². The van der Waals surface area contributed by atoms with E-state index in [1.54, 1.807) is 6.07 Å². The van der Waals surface area contributed by atoms with Gasteiger partial charge in [0.1, 0.15) is 10.8 Å². The van der Waals surface area contributed by atoms with Gasteiger partial charge < -0.3 is 10.5 Å². The van der Waals surface area contributed by atoms with Gasteiger partial charge in [-0.2, -0.15) is 0 Å². The summed E-state index contributed by atoms with van der Waals surface area (Å²) >= 11 is 5.96. The molecule has 0 unspecified atom stereocenters. The second-order valence-electron chi connectivity index (χ2n) is 3.42. The topological polar surface area (TPSA) is 48.1 Å². The molecule has 3 nitrogen and oxygen atoms in total. The van der Waals surface area contributed by atoms with Crippen LogP contribution in [0.2, 0.25) is 5.02 Å². The number of anilines is 1. The summed E-state index contributed by atoms with van der Waals surface area (Å²) in [5.41, 5.74) is 7.09. The number of pyridine rings is 1. The summed E-state index contributed by atoms with van der Waals surface area (Å²) in [6, 6.07) is 9.28. The number of nitrogens with zero attached hydrogens (tertiary/aromatic N) is 1. The molecule has 0 saturated carbocycles. The van der Waals surface area contributed by atoms with Gasteiger partial charge in [-0.25, -0.2) is 4.98 Å². The first-order valence-electron chi connectivity index (χ1n) is 4.81. The standard InChI is InChI=1S/C12H11ClN2O/c1-8-4-2-3-5-11(8)16-12-10(13)6-9(14)7-15-12/h2-7H,14H2,1H3. The molecule has 0 amide bonds. The van der Waals surface area contributed by atoms with Crippen LogP contribution in [0.1, 0.15) is 5.56 Å². The Labute approximate surface area is 98.8 Å². The van der Waals surface area contributed by atoms with E-state index in [0.29, 0.717) is 16.6 Å². The summed E-state index contributed by atoms with van der Waals surface area (Å²) in [5.74, 6) is 1.10. The van der Waals surface area contributed by atoms with Gasteiger partial charge in [0.25, 0.3) is 0 Å². The fraction of sp³-hybridized carbons (Fsp3) is 0.0833. The van der Waals surface area contributed by atoms with E-state index in [4.69, 9.17) is 22.1 Å². The lowest BCUT2D eigenvalue weighted by Gasteiger charge is -2.08. The van der Waals surface area contributed by atoms with E-state index in [0.717, 1.165) is 11.3 Å². The molecule has 0 fully saturated rings. The number of hydrogen-bond acceptors (Lipinski definition) is 3. The van der Waals surface area contributed by atoms with Gasteiger partial charge >= 0.3 is 0 Å². The van der Waals surface area contributed by atoms with Crippen LogP contribution in [0, 0.1) is 6.92 Å². The molecule has 2 aromatic rings. The molecule has 0 bridgehead atoms. The van der Waals surface area contributed by atoms with Crippen molar-refractivity contribution in [2.75, 3.05) is 5.73 Å². The van der Waals surface area contributed by atoms with Gasteiger partial charge in [-0.3, -0.25) is 0 Å². The van der Waals surface area contributed by atoms with Gasteiger partial charge in [-0.15, -0.1) is 0 Å². The van der Waals surface area contributed by atoms with E-state index in [1.807, 2.05) is 31.2 Å². The lowest BCUT2D eigenvalue weighted by Crippen LogP contribution is -1.93. The number of aromatic nitrogens is 1. The van der Waals surface area contributed by atoms with E-state index in [9.17, 15) is 0 Å². The van der Waals surface area contributed by atoms with E-state index < -0.39 is 0 Å². The summed E-state index contributed by atoms with van der Waals surface area (Å²) in [4.78, 5) is 4.04. The molecule has 0 aliphatic heterocycles. The Bertz CT molecular complexity index is 514. The Kier molecular flexibility index (Phi) is 2.97. The van der Waals surface area contributed by atoms with Gasteiger partial charge in [0.2, 0.25) is 5.88 Å². The van der Waals surface area contributed by atoms with Gasteiger partial charge in [-0.05, 0) is 24.6 Å². The van der Waals surface area contributed by atoms with E-state index >= 15 is 0 Å². The largest absolute Gasteiger partial charge is 0.437 e.